The van der Waals surface area contributed by atoms with Gasteiger partial charge in [0.05, 0.1) is 23.0 Å². The summed E-state index contributed by atoms with van der Waals surface area (Å²) in [5, 5.41) is 8.13. The lowest BCUT2D eigenvalue weighted by molar-refractivity contribution is 0.0331. The molecule has 0 aliphatic rings. The Hall–Kier alpha value is -3.03. The van der Waals surface area contributed by atoms with Crippen LogP contribution in [0.4, 0.5) is 4.39 Å². The molecular weight excluding hydrogens is 325 g/mol. The van der Waals surface area contributed by atoms with E-state index in [2.05, 4.69) is 15.2 Å². The normalized spacial score (nSPS) is 12.4. The average molecular weight is 343 g/mol. The molecule has 2 aromatic heterocycles. The molecule has 0 amide bonds. The minimum Gasteiger partial charge on any atom is -0.454 e. The number of hydrogen-bond acceptors (Lipinski definition) is 5. The largest absolute Gasteiger partial charge is 0.454 e. The molecule has 2 heterocycles. The van der Waals surface area contributed by atoms with E-state index in [1.165, 1.54) is 29.6 Å². The van der Waals surface area contributed by atoms with Crippen LogP contribution < -0.4 is 0 Å². The molecule has 7 nitrogen and oxygen atoms in total. The van der Waals surface area contributed by atoms with Gasteiger partial charge >= 0.3 is 5.97 Å². The molecule has 0 fully saturated rings. The Morgan fingerprint density at radius 3 is 2.68 bits per heavy atom. The molecule has 1 aromatic carbocycles. The Morgan fingerprint density at radius 2 is 2.04 bits per heavy atom. The van der Waals surface area contributed by atoms with E-state index in [0.29, 0.717) is 11.3 Å². The number of halogens is 1. The molecule has 8 heteroatoms. The highest BCUT2D eigenvalue weighted by atomic mass is 19.1. The van der Waals surface area contributed by atoms with Crippen LogP contribution in [-0.2, 0) is 4.74 Å². The van der Waals surface area contributed by atoms with Gasteiger partial charge in [0.1, 0.15) is 24.6 Å². The van der Waals surface area contributed by atoms with E-state index >= 15 is 0 Å². The predicted octanol–water partition coefficient (Wildman–Crippen LogP) is 3.10. The van der Waals surface area contributed by atoms with Gasteiger partial charge in [0.2, 0.25) is 0 Å². The first-order valence-corrected chi connectivity index (χ1v) is 7.86. The monoisotopic (exact) mass is 343 g/mol. The summed E-state index contributed by atoms with van der Waals surface area (Å²) in [6.07, 6.45) is 5.05. The Kier molecular flexibility index (Phi) is 4.60. The molecule has 0 aliphatic heterocycles. The Balaban J connectivity index is 1.86. The predicted molar refractivity (Wildman–Crippen MR) is 87.8 cm³/mol. The molecule has 130 valence electrons. The summed E-state index contributed by atoms with van der Waals surface area (Å²) in [4.78, 5) is 16.2. The first-order chi connectivity index (χ1) is 12.0. The zero-order valence-electron chi connectivity index (χ0n) is 14.1. The second-order valence-corrected chi connectivity index (χ2v) is 5.86. The van der Waals surface area contributed by atoms with Crippen LogP contribution in [0, 0.1) is 5.82 Å². The molecule has 0 saturated heterocycles. The fraction of sp³-hybridized carbons (Fsp3) is 0.294. The Bertz CT molecular complexity index is 873. The number of ether oxygens (including phenoxy) is 1. The van der Waals surface area contributed by atoms with Crippen LogP contribution in [0.15, 0.2) is 43.2 Å². The minimum atomic E-state index is -0.810. The lowest BCUT2D eigenvalue weighted by Gasteiger charge is -2.17. The molecule has 0 radical (unpaired) electrons. The molecule has 1 atom stereocenters. The van der Waals surface area contributed by atoms with Gasteiger partial charge in [0.25, 0.3) is 0 Å². The van der Waals surface area contributed by atoms with Crippen molar-refractivity contribution in [3.63, 3.8) is 0 Å². The number of nitrogens with zero attached hydrogens (tertiary/aromatic N) is 5. The van der Waals surface area contributed by atoms with Crippen molar-refractivity contribution in [2.24, 2.45) is 0 Å². The summed E-state index contributed by atoms with van der Waals surface area (Å²) in [7, 11) is 0. The maximum Gasteiger partial charge on any atom is 0.341 e. The first-order valence-electron chi connectivity index (χ1n) is 7.86. The maximum atomic E-state index is 14.4. The lowest BCUT2D eigenvalue weighted by Crippen LogP contribution is -2.13. The van der Waals surface area contributed by atoms with Gasteiger partial charge in [-0.3, -0.25) is 4.68 Å². The Labute approximate surface area is 144 Å². The van der Waals surface area contributed by atoms with Gasteiger partial charge in [-0.2, -0.15) is 10.2 Å². The van der Waals surface area contributed by atoms with E-state index < -0.39 is 17.9 Å². The number of rotatable bonds is 5. The van der Waals surface area contributed by atoms with Crippen LogP contribution in [-0.4, -0.2) is 30.5 Å². The van der Waals surface area contributed by atoms with Crippen LogP contribution in [0.2, 0.25) is 0 Å². The van der Waals surface area contributed by atoms with Gasteiger partial charge in [0.15, 0.2) is 0 Å². The van der Waals surface area contributed by atoms with Crippen LogP contribution in [0.3, 0.4) is 0 Å². The van der Waals surface area contributed by atoms with Crippen molar-refractivity contribution in [2.75, 3.05) is 0 Å². The molecule has 0 bridgehead atoms. The molecule has 0 spiro atoms. The molecule has 3 aromatic rings. The summed E-state index contributed by atoms with van der Waals surface area (Å²) in [5.41, 5.74) is 1.02. The smallest absolute Gasteiger partial charge is 0.341 e. The number of carbonyl (C=O) groups is 1. The summed E-state index contributed by atoms with van der Waals surface area (Å²) in [6.45, 7) is 5.52. The third kappa shape index (κ3) is 3.42. The van der Waals surface area contributed by atoms with E-state index in [4.69, 9.17) is 4.74 Å². The molecule has 0 unspecified atom stereocenters. The summed E-state index contributed by atoms with van der Waals surface area (Å²) < 4.78 is 22.9. The van der Waals surface area contributed by atoms with Gasteiger partial charge in [-0.05, 0) is 32.9 Å². The highest BCUT2D eigenvalue weighted by Crippen LogP contribution is 2.27. The minimum absolute atomic E-state index is 0.129. The summed E-state index contributed by atoms with van der Waals surface area (Å²) >= 11 is 0. The van der Waals surface area contributed by atoms with Crippen LogP contribution in [0.1, 0.15) is 48.8 Å². The molecule has 0 saturated carbocycles. The fourth-order valence-corrected chi connectivity index (χ4v) is 2.47. The van der Waals surface area contributed by atoms with Crippen molar-refractivity contribution in [1.82, 2.24) is 24.5 Å². The lowest BCUT2D eigenvalue weighted by atomic mass is 10.1. The van der Waals surface area contributed by atoms with E-state index in [-0.39, 0.29) is 11.6 Å². The quantitative estimate of drug-likeness (QED) is 0.666. The van der Waals surface area contributed by atoms with Crippen molar-refractivity contribution in [3.05, 3.63) is 60.2 Å². The standard InChI is InChI=1S/C17H18FN5O2/c1-11(2)22-8-13(7-20-22)17(24)25-12(3)16-14(18)5-4-6-15(16)23-10-19-9-21-23/h4-12H,1-3H3/t12-/m1/s1. The van der Waals surface area contributed by atoms with E-state index in [9.17, 15) is 9.18 Å². The maximum absolute atomic E-state index is 14.4. The van der Waals surface area contributed by atoms with Crippen LogP contribution in [0.25, 0.3) is 5.69 Å². The second-order valence-electron chi connectivity index (χ2n) is 5.86. The zero-order valence-corrected chi connectivity index (χ0v) is 14.1. The van der Waals surface area contributed by atoms with Crippen molar-refractivity contribution >= 4 is 5.97 Å². The highest BCUT2D eigenvalue weighted by Gasteiger charge is 2.22. The van der Waals surface area contributed by atoms with Gasteiger partial charge in [-0.1, -0.05) is 6.07 Å². The van der Waals surface area contributed by atoms with E-state index in [1.807, 2.05) is 13.8 Å². The van der Waals surface area contributed by atoms with Crippen molar-refractivity contribution in [3.8, 4) is 5.69 Å². The van der Waals surface area contributed by atoms with Crippen molar-refractivity contribution < 1.29 is 13.9 Å². The molecular formula is C17H18FN5O2. The SMILES string of the molecule is CC(C)n1cc(C(=O)O[C@H](C)c2c(F)cccc2-n2cncn2)cn1. The van der Waals surface area contributed by atoms with Crippen molar-refractivity contribution in [1.29, 1.82) is 0 Å². The van der Waals surface area contributed by atoms with E-state index in [1.54, 1.807) is 29.9 Å². The topological polar surface area (TPSA) is 74.8 Å². The van der Waals surface area contributed by atoms with E-state index in [0.717, 1.165) is 0 Å². The number of aromatic nitrogens is 5. The summed E-state index contributed by atoms with van der Waals surface area (Å²) in [5.74, 6) is -1.04. The Morgan fingerprint density at radius 1 is 1.24 bits per heavy atom. The third-order valence-corrected chi connectivity index (χ3v) is 3.75. The molecule has 0 N–H and O–H groups in total. The average Bonchev–Trinajstić information content (AvgIpc) is 3.26. The third-order valence-electron chi connectivity index (χ3n) is 3.75. The van der Waals surface area contributed by atoms with Gasteiger partial charge < -0.3 is 4.74 Å². The van der Waals surface area contributed by atoms with Gasteiger partial charge in [-0.25, -0.2) is 18.9 Å². The first kappa shape index (κ1) is 16.8. The molecule has 3 rings (SSSR count). The highest BCUT2D eigenvalue weighted by molar-refractivity contribution is 5.89. The summed E-state index contributed by atoms with van der Waals surface area (Å²) in [6, 6.07) is 4.70. The van der Waals surface area contributed by atoms with Crippen LogP contribution >= 0.6 is 0 Å². The fourth-order valence-electron chi connectivity index (χ4n) is 2.47. The number of esters is 1. The second kappa shape index (κ2) is 6.84. The number of carbonyl (C=O) groups excluding carboxylic acids is 1. The van der Waals surface area contributed by atoms with Gasteiger partial charge in [0, 0.05) is 12.2 Å². The molecule has 0 aliphatic carbocycles. The number of benzene rings is 1. The molecule has 25 heavy (non-hydrogen) atoms. The zero-order chi connectivity index (χ0) is 18.0. The van der Waals surface area contributed by atoms with Crippen molar-refractivity contribution in [2.45, 2.75) is 32.9 Å². The van der Waals surface area contributed by atoms with Crippen LogP contribution in [0.5, 0.6) is 0 Å². The number of hydrogen-bond donors (Lipinski definition) is 0. The van der Waals surface area contributed by atoms with Gasteiger partial charge in [-0.15, -0.1) is 0 Å².